The van der Waals surface area contributed by atoms with Crippen molar-refractivity contribution >= 4 is 29.1 Å². The summed E-state index contributed by atoms with van der Waals surface area (Å²) in [5.74, 6) is -0.333. The molecule has 7 heteroatoms. The van der Waals surface area contributed by atoms with Crippen LogP contribution in [0, 0.1) is 17.2 Å². The molecule has 1 aliphatic carbocycles. The number of hydrogen-bond acceptors (Lipinski definition) is 3. The fourth-order valence-corrected chi connectivity index (χ4v) is 4.82. The van der Waals surface area contributed by atoms with Gasteiger partial charge in [0.05, 0.1) is 22.9 Å². The Morgan fingerprint density at radius 2 is 1.93 bits per heavy atom. The van der Waals surface area contributed by atoms with Gasteiger partial charge in [-0.1, -0.05) is 23.7 Å². The molecule has 2 aliphatic rings. The van der Waals surface area contributed by atoms with Crippen molar-refractivity contribution in [1.29, 1.82) is 0 Å². The smallest absolute Gasteiger partial charge is 0.257 e. The van der Waals surface area contributed by atoms with Crippen LogP contribution in [-0.4, -0.2) is 43.5 Å². The molecule has 1 heterocycles. The first-order valence-electron chi connectivity index (χ1n) is 10.1. The van der Waals surface area contributed by atoms with E-state index in [2.05, 4.69) is 0 Å². The van der Waals surface area contributed by atoms with E-state index in [9.17, 15) is 14.0 Å². The van der Waals surface area contributed by atoms with Gasteiger partial charge in [0.1, 0.15) is 11.6 Å². The molecule has 1 aliphatic heterocycles. The van der Waals surface area contributed by atoms with Crippen molar-refractivity contribution in [2.24, 2.45) is 11.3 Å². The zero-order chi connectivity index (χ0) is 21.5. The van der Waals surface area contributed by atoms with Crippen LogP contribution in [0.5, 0.6) is 5.75 Å². The first kappa shape index (κ1) is 20.7. The van der Waals surface area contributed by atoms with Crippen molar-refractivity contribution in [1.82, 2.24) is 4.90 Å². The molecule has 30 heavy (non-hydrogen) atoms. The summed E-state index contributed by atoms with van der Waals surface area (Å²) >= 11 is 6.21. The molecule has 0 unspecified atom stereocenters. The molecule has 0 bridgehead atoms. The molecule has 1 saturated heterocycles. The summed E-state index contributed by atoms with van der Waals surface area (Å²) in [7, 11) is 1.74. The van der Waals surface area contributed by atoms with E-state index in [1.165, 1.54) is 18.2 Å². The molecule has 0 radical (unpaired) electrons. The number of rotatable bonds is 5. The van der Waals surface area contributed by atoms with Crippen LogP contribution in [0.2, 0.25) is 5.02 Å². The number of nitrogens with zero attached hydrogens (tertiary/aromatic N) is 2. The molecule has 0 aromatic heterocycles. The van der Waals surface area contributed by atoms with Gasteiger partial charge >= 0.3 is 0 Å². The van der Waals surface area contributed by atoms with Gasteiger partial charge in [0.15, 0.2) is 0 Å². The highest BCUT2D eigenvalue weighted by atomic mass is 35.5. The molecule has 2 aromatic rings. The van der Waals surface area contributed by atoms with E-state index in [0.29, 0.717) is 36.0 Å². The maximum Gasteiger partial charge on any atom is 0.257 e. The Bertz CT molecular complexity index is 982. The number of benzene rings is 2. The third-order valence-corrected chi connectivity index (χ3v) is 6.39. The van der Waals surface area contributed by atoms with Crippen LogP contribution >= 0.6 is 11.6 Å². The number of anilines is 1. The van der Waals surface area contributed by atoms with Crippen LogP contribution in [0.25, 0.3) is 0 Å². The van der Waals surface area contributed by atoms with Gasteiger partial charge < -0.3 is 14.5 Å². The van der Waals surface area contributed by atoms with E-state index in [1.54, 1.807) is 29.8 Å². The minimum atomic E-state index is -0.432. The van der Waals surface area contributed by atoms with Gasteiger partial charge in [-0.3, -0.25) is 9.59 Å². The average molecular weight is 431 g/mol. The number of likely N-dealkylation sites (tertiary alicyclic amines) is 1. The van der Waals surface area contributed by atoms with Crippen molar-refractivity contribution in [3.05, 3.63) is 58.9 Å². The highest BCUT2D eigenvalue weighted by Crippen LogP contribution is 2.53. The zero-order valence-corrected chi connectivity index (χ0v) is 17.8. The van der Waals surface area contributed by atoms with Gasteiger partial charge in [-0.15, -0.1) is 0 Å². The first-order valence-corrected chi connectivity index (χ1v) is 10.4. The maximum atomic E-state index is 13.5. The lowest BCUT2D eigenvalue weighted by Gasteiger charge is -2.58. The number of hydrogen-bond donors (Lipinski definition) is 0. The van der Waals surface area contributed by atoms with Crippen molar-refractivity contribution in [2.75, 3.05) is 31.6 Å². The van der Waals surface area contributed by atoms with Crippen LogP contribution in [0.1, 0.15) is 30.1 Å². The van der Waals surface area contributed by atoms with Gasteiger partial charge in [-0.05, 0) is 44.0 Å². The summed E-state index contributed by atoms with van der Waals surface area (Å²) in [6.07, 6.45) is 1.51. The van der Waals surface area contributed by atoms with Crippen LogP contribution in [-0.2, 0) is 4.79 Å². The molecule has 0 atom stereocenters. The normalized spacial score (nSPS) is 17.3. The van der Waals surface area contributed by atoms with Crippen molar-refractivity contribution in [3.8, 4) is 5.75 Å². The second-order valence-corrected chi connectivity index (χ2v) is 8.60. The summed E-state index contributed by atoms with van der Waals surface area (Å²) in [4.78, 5) is 29.0. The third-order valence-electron chi connectivity index (χ3n) is 6.07. The second-order valence-electron chi connectivity index (χ2n) is 8.19. The highest BCUT2D eigenvalue weighted by molar-refractivity contribution is 6.33. The Labute approximate surface area is 180 Å². The molecular weight excluding hydrogens is 407 g/mol. The molecule has 1 spiro atoms. The largest absolute Gasteiger partial charge is 0.493 e. The Balaban J connectivity index is 1.35. The van der Waals surface area contributed by atoms with E-state index >= 15 is 0 Å². The third kappa shape index (κ3) is 3.65. The summed E-state index contributed by atoms with van der Waals surface area (Å²) in [6, 6.07) is 11.3. The Kier molecular flexibility index (Phi) is 5.45. The molecule has 2 amide bonds. The molecular formula is C23H24ClFN2O3. The molecule has 5 nitrogen and oxygen atoms in total. The van der Waals surface area contributed by atoms with Crippen molar-refractivity contribution < 1.29 is 18.7 Å². The van der Waals surface area contributed by atoms with Crippen molar-refractivity contribution in [2.45, 2.75) is 19.8 Å². The fourth-order valence-electron chi connectivity index (χ4n) is 4.56. The minimum Gasteiger partial charge on any atom is -0.493 e. The minimum absolute atomic E-state index is 0.00309. The standard InChI is InChI=1S/C23H24ClFN2O3/c1-3-30-20-10-16(25)8-9-17(20)22(29)27-13-23(14-27)11-15(12-23)21(28)26(2)19-7-5-4-6-18(19)24/h4-10,15H,3,11-14H2,1-2H3. The first-order chi connectivity index (χ1) is 14.3. The summed E-state index contributed by atoms with van der Waals surface area (Å²) in [6.45, 7) is 3.36. The quantitative estimate of drug-likeness (QED) is 0.706. The van der Waals surface area contributed by atoms with E-state index < -0.39 is 5.82 Å². The molecule has 0 N–H and O–H groups in total. The summed E-state index contributed by atoms with van der Waals surface area (Å²) in [5.41, 5.74) is 1.08. The number of ether oxygens (including phenoxy) is 1. The Morgan fingerprint density at radius 1 is 1.23 bits per heavy atom. The van der Waals surface area contributed by atoms with E-state index in [-0.39, 0.29) is 28.9 Å². The number of para-hydroxylation sites is 1. The van der Waals surface area contributed by atoms with E-state index in [1.807, 2.05) is 18.2 Å². The molecule has 1 saturated carbocycles. The van der Waals surface area contributed by atoms with Gasteiger partial charge in [0.25, 0.3) is 5.91 Å². The lowest BCUT2D eigenvalue weighted by molar-refractivity contribution is -0.137. The van der Waals surface area contributed by atoms with Crippen LogP contribution in [0.3, 0.4) is 0 Å². The van der Waals surface area contributed by atoms with Gasteiger partial charge in [-0.25, -0.2) is 4.39 Å². The summed E-state index contributed by atoms with van der Waals surface area (Å²) in [5, 5.41) is 0.548. The van der Waals surface area contributed by atoms with Crippen molar-refractivity contribution in [3.63, 3.8) is 0 Å². The lowest BCUT2D eigenvalue weighted by atomic mass is 9.57. The van der Waals surface area contributed by atoms with Crippen LogP contribution < -0.4 is 9.64 Å². The summed E-state index contributed by atoms with van der Waals surface area (Å²) < 4.78 is 18.9. The van der Waals surface area contributed by atoms with Crippen LogP contribution in [0.4, 0.5) is 10.1 Å². The average Bonchev–Trinajstić information content (AvgIpc) is 2.65. The SMILES string of the molecule is CCOc1cc(F)ccc1C(=O)N1CC2(CC(C(=O)N(C)c3ccccc3Cl)C2)C1. The molecule has 2 fully saturated rings. The predicted octanol–water partition coefficient (Wildman–Crippen LogP) is 4.39. The van der Waals surface area contributed by atoms with Gasteiger partial charge in [0, 0.05) is 37.5 Å². The monoisotopic (exact) mass is 430 g/mol. The molecule has 2 aromatic carbocycles. The Morgan fingerprint density at radius 3 is 2.60 bits per heavy atom. The second kappa shape index (κ2) is 7.91. The number of amides is 2. The van der Waals surface area contributed by atoms with Gasteiger partial charge in [-0.2, -0.15) is 0 Å². The van der Waals surface area contributed by atoms with Gasteiger partial charge in [0.2, 0.25) is 5.91 Å². The van der Waals surface area contributed by atoms with E-state index in [4.69, 9.17) is 16.3 Å². The zero-order valence-electron chi connectivity index (χ0n) is 17.0. The fraction of sp³-hybridized carbons (Fsp3) is 0.391. The number of halogens is 2. The lowest BCUT2D eigenvalue weighted by Crippen LogP contribution is -2.65. The molecule has 158 valence electrons. The molecule has 4 rings (SSSR count). The predicted molar refractivity (Wildman–Crippen MR) is 113 cm³/mol. The van der Waals surface area contributed by atoms with Crippen LogP contribution in [0.15, 0.2) is 42.5 Å². The highest BCUT2D eigenvalue weighted by Gasteiger charge is 2.56. The number of carbonyl (C=O) groups excluding carboxylic acids is 2. The maximum absolute atomic E-state index is 13.5. The topological polar surface area (TPSA) is 49.9 Å². The van der Waals surface area contributed by atoms with E-state index in [0.717, 1.165) is 12.8 Å². The Hall–Kier alpha value is -2.60. The number of carbonyl (C=O) groups is 2.